The molecule has 0 saturated heterocycles. The molecule has 0 fully saturated rings. The van der Waals surface area contributed by atoms with E-state index in [2.05, 4.69) is 41.4 Å². The highest BCUT2D eigenvalue weighted by molar-refractivity contribution is 7.88. The van der Waals surface area contributed by atoms with E-state index in [1.54, 1.807) is 11.3 Å². The Morgan fingerprint density at radius 3 is 2.56 bits per heavy atom. The molecule has 0 spiro atoms. The highest BCUT2D eigenvalue weighted by atomic mass is 32.2. The van der Waals surface area contributed by atoms with Crippen LogP contribution >= 0.6 is 11.3 Å². The first kappa shape index (κ1) is 15.6. The Hall–Kier alpha value is -0.430. The van der Waals surface area contributed by atoms with E-state index in [1.807, 2.05) is 0 Å². The fourth-order valence-corrected chi connectivity index (χ4v) is 3.23. The van der Waals surface area contributed by atoms with E-state index in [1.165, 1.54) is 11.1 Å². The van der Waals surface area contributed by atoms with E-state index < -0.39 is 10.0 Å². The molecule has 4 nitrogen and oxygen atoms in total. The molecule has 1 heterocycles. The van der Waals surface area contributed by atoms with Crippen LogP contribution in [0.2, 0.25) is 0 Å². The number of nitrogens with one attached hydrogen (secondary N) is 2. The van der Waals surface area contributed by atoms with Crippen LogP contribution in [0.25, 0.3) is 0 Å². The summed E-state index contributed by atoms with van der Waals surface area (Å²) in [6.45, 7) is 5.67. The van der Waals surface area contributed by atoms with Crippen LogP contribution in [0.4, 0.5) is 0 Å². The Balaban J connectivity index is 2.32. The third-order valence-corrected chi connectivity index (χ3v) is 4.28. The second-order valence-corrected chi connectivity index (χ2v) is 7.52. The molecule has 0 amide bonds. The Morgan fingerprint density at radius 1 is 1.33 bits per heavy atom. The Kier molecular flexibility index (Phi) is 6.28. The van der Waals surface area contributed by atoms with Crippen LogP contribution in [0.5, 0.6) is 0 Å². The molecule has 1 rings (SSSR count). The predicted molar refractivity (Wildman–Crippen MR) is 77.4 cm³/mol. The van der Waals surface area contributed by atoms with Gasteiger partial charge in [-0.3, -0.25) is 0 Å². The van der Waals surface area contributed by atoms with Gasteiger partial charge >= 0.3 is 0 Å². The molecular weight excluding hydrogens is 268 g/mol. The number of hydrogen-bond acceptors (Lipinski definition) is 4. The fourth-order valence-electron chi connectivity index (χ4n) is 1.74. The zero-order valence-corrected chi connectivity index (χ0v) is 12.8. The lowest BCUT2D eigenvalue weighted by molar-refractivity contribution is 0.415. The highest BCUT2D eigenvalue weighted by Crippen LogP contribution is 2.25. The molecule has 0 aliphatic heterocycles. The number of rotatable bonds is 8. The lowest BCUT2D eigenvalue weighted by Gasteiger charge is -2.21. The van der Waals surface area contributed by atoms with Gasteiger partial charge in [0.2, 0.25) is 10.0 Å². The maximum atomic E-state index is 10.9. The molecular formula is C12H22N2O2S2. The zero-order chi connectivity index (χ0) is 13.6. The fraction of sp³-hybridized carbons (Fsp3) is 0.667. The Bertz CT molecular complexity index is 427. The van der Waals surface area contributed by atoms with Gasteiger partial charge in [0, 0.05) is 17.5 Å². The van der Waals surface area contributed by atoms with Crippen molar-refractivity contribution in [1.29, 1.82) is 0 Å². The molecule has 104 valence electrons. The maximum Gasteiger partial charge on any atom is 0.208 e. The van der Waals surface area contributed by atoms with Gasteiger partial charge < -0.3 is 5.32 Å². The first-order valence-corrected chi connectivity index (χ1v) is 8.88. The maximum absolute atomic E-state index is 10.9. The van der Waals surface area contributed by atoms with Crippen molar-refractivity contribution in [3.8, 4) is 0 Å². The largest absolute Gasteiger partial charge is 0.309 e. The Morgan fingerprint density at radius 2 is 2.06 bits per heavy atom. The molecule has 18 heavy (non-hydrogen) atoms. The molecule has 0 aliphatic rings. The summed E-state index contributed by atoms with van der Waals surface area (Å²) in [6, 6.07) is 4.54. The summed E-state index contributed by atoms with van der Waals surface area (Å²) in [5.41, 5.74) is 0. The van der Waals surface area contributed by atoms with Gasteiger partial charge in [-0.1, -0.05) is 19.9 Å². The van der Waals surface area contributed by atoms with Crippen LogP contribution in [0.15, 0.2) is 17.5 Å². The summed E-state index contributed by atoms with van der Waals surface area (Å²) in [6.07, 6.45) is 1.98. The second kappa shape index (κ2) is 7.23. The number of hydrogen-bond donors (Lipinski definition) is 2. The molecule has 0 bridgehead atoms. The molecule has 0 radical (unpaired) electrons. The standard InChI is InChI=1S/C12H22N2O2S2/c1-10(2)12(11-6-4-9-17-11)13-7-5-8-14-18(3,15)16/h4,6,9-10,12-14H,5,7-8H2,1-3H3. The minimum atomic E-state index is -3.06. The van der Waals surface area contributed by atoms with Crippen molar-refractivity contribution >= 4 is 21.4 Å². The SMILES string of the molecule is CC(C)C(NCCCNS(C)(=O)=O)c1cccs1. The molecule has 0 aromatic carbocycles. The summed E-state index contributed by atoms with van der Waals surface area (Å²) in [7, 11) is -3.06. The first-order valence-electron chi connectivity index (χ1n) is 6.11. The summed E-state index contributed by atoms with van der Waals surface area (Å²) in [5.74, 6) is 0.520. The third kappa shape index (κ3) is 5.95. The van der Waals surface area contributed by atoms with Crippen molar-refractivity contribution in [3.63, 3.8) is 0 Å². The molecule has 1 aromatic heterocycles. The summed E-state index contributed by atoms with van der Waals surface area (Å²) < 4.78 is 24.3. The van der Waals surface area contributed by atoms with Crippen LogP contribution < -0.4 is 10.0 Å². The van der Waals surface area contributed by atoms with Crippen molar-refractivity contribution in [2.75, 3.05) is 19.3 Å². The normalized spacial score (nSPS) is 14.0. The van der Waals surface area contributed by atoms with Crippen LogP contribution in [-0.2, 0) is 10.0 Å². The second-order valence-electron chi connectivity index (χ2n) is 4.71. The monoisotopic (exact) mass is 290 g/mol. The van der Waals surface area contributed by atoms with E-state index in [9.17, 15) is 8.42 Å². The van der Waals surface area contributed by atoms with E-state index in [0.717, 1.165) is 13.0 Å². The smallest absolute Gasteiger partial charge is 0.208 e. The molecule has 2 N–H and O–H groups in total. The lowest BCUT2D eigenvalue weighted by Crippen LogP contribution is -2.29. The molecule has 1 aromatic rings. The van der Waals surface area contributed by atoms with Crippen molar-refractivity contribution in [1.82, 2.24) is 10.0 Å². The van der Waals surface area contributed by atoms with Crippen molar-refractivity contribution in [3.05, 3.63) is 22.4 Å². The molecule has 0 saturated carbocycles. The average molecular weight is 290 g/mol. The van der Waals surface area contributed by atoms with E-state index in [4.69, 9.17) is 0 Å². The van der Waals surface area contributed by atoms with Gasteiger partial charge in [-0.15, -0.1) is 11.3 Å². The summed E-state index contributed by atoms with van der Waals surface area (Å²) in [5, 5.41) is 5.56. The quantitative estimate of drug-likeness (QED) is 0.720. The third-order valence-electron chi connectivity index (χ3n) is 2.60. The topological polar surface area (TPSA) is 58.2 Å². The van der Waals surface area contributed by atoms with Gasteiger partial charge in [0.1, 0.15) is 0 Å². The van der Waals surface area contributed by atoms with Gasteiger partial charge in [-0.05, 0) is 30.3 Å². The van der Waals surface area contributed by atoms with Gasteiger partial charge in [0.05, 0.1) is 6.26 Å². The van der Waals surface area contributed by atoms with Crippen molar-refractivity contribution in [2.24, 2.45) is 5.92 Å². The molecule has 1 unspecified atom stereocenters. The van der Waals surface area contributed by atoms with Crippen LogP contribution in [-0.4, -0.2) is 27.8 Å². The van der Waals surface area contributed by atoms with E-state index in [-0.39, 0.29) is 0 Å². The zero-order valence-electron chi connectivity index (χ0n) is 11.1. The van der Waals surface area contributed by atoms with Gasteiger partial charge in [-0.25, -0.2) is 13.1 Å². The van der Waals surface area contributed by atoms with Gasteiger partial charge in [0.25, 0.3) is 0 Å². The summed E-state index contributed by atoms with van der Waals surface area (Å²) >= 11 is 1.75. The first-order chi connectivity index (χ1) is 8.40. The van der Waals surface area contributed by atoms with E-state index >= 15 is 0 Å². The van der Waals surface area contributed by atoms with E-state index in [0.29, 0.717) is 18.5 Å². The summed E-state index contributed by atoms with van der Waals surface area (Å²) in [4.78, 5) is 1.33. The molecule has 1 atom stereocenters. The van der Waals surface area contributed by atoms with Crippen LogP contribution in [0, 0.1) is 5.92 Å². The van der Waals surface area contributed by atoms with Gasteiger partial charge in [-0.2, -0.15) is 0 Å². The number of thiophene rings is 1. The average Bonchev–Trinajstić information content (AvgIpc) is 2.74. The molecule has 0 aliphatic carbocycles. The Labute approximate surface area is 114 Å². The predicted octanol–water partition coefficient (Wildman–Crippen LogP) is 1.97. The minimum Gasteiger partial charge on any atom is -0.309 e. The molecule has 6 heteroatoms. The highest BCUT2D eigenvalue weighted by Gasteiger charge is 2.15. The van der Waals surface area contributed by atoms with Gasteiger partial charge in [0.15, 0.2) is 0 Å². The number of sulfonamides is 1. The minimum absolute atomic E-state index is 0.350. The van der Waals surface area contributed by atoms with Crippen LogP contribution in [0.1, 0.15) is 31.2 Å². The van der Waals surface area contributed by atoms with Crippen molar-refractivity contribution < 1.29 is 8.42 Å². The lowest BCUT2D eigenvalue weighted by atomic mass is 10.0. The van der Waals surface area contributed by atoms with Crippen molar-refractivity contribution in [2.45, 2.75) is 26.3 Å². The van der Waals surface area contributed by atoms with Crippen LogP contribution in [0.3, 0.4) is 0 Å².